The molecule has 0 unspecified atom stereocenters. The molecule has 0 saturated heterocycles. The Labute approximate surface area is 152 Å². The Morgan fingerprint density at radius 2 is 1.92 bits per heavy atom. The van der Waals surface area contributed by atoms with Crippen LogP contribution >= 0.6 is 11.6 Å². The molecule has 0 atom stereocenters. The van der Waals surface area contributed by atoms with Crippen molar-refractivity contribution in [2.24, 2.45) is 0 Å². The Morgan fingerprint density at radius 3 is 2.72 bits per heavy atom. The van der Waals surface area contributed by atoms with E-state index in [4.69, 9.17) is 11.6 Å². The van der Waals surface area contributed by atoms with E-state index in [0.717, 1.165) is 28.1 Å². The van der Waals surface area contributed by atoms with E-state index >= 15 is 0 Å². The molecule has 1 N–H and O–H groups in total. The summed E-state index contributed by atoms with van der Waals surface area (Å²) in [5.74, 6) is 0.878. The van der Waals surface area contributed by atoms with Crippen molar-refractivity contribution in [2.45, 2.75) is 51.5 Å². The van der Waals surface area contributed by atoms with Crippen LogP contribution in [0.1, 0.15) is 44.1 Å². The maximum absolute atomic E-state index is 6.17. The summed E-state index contributed by atoms with van der Waals surface area (Å²) in [6, 6.07) is 6.29. The minimum absolute atomic E-state index is 0.483. The fraction of sp³-hybridized carbons (Fsp3) is 0.421. The number of nitrogens with zero attached hydrogens (tertiary/aromatic N) is 4. The molecule has 0 spiro atoms. The Morgan fingerprint density at radius 1 is 1.12 bits per heavy atom. The number of aryl methyl sites for hydroxylation is 1. The van der Waals surface area contributed by atoms with Gasteiger partial charge < -0.3 is 5.32 Å². The predicted octanol–water partition coefficient (Wildman–Crippen LogP) is 4.91. The molecular weight excluding hydrogens is 334 g/mol. The lowest BCUT2D eigenvalue weighted by Crippen LogP contribution is -2.19. The van der Waals surface area contributed by atoms with Crippen molar-refractivity contribution in [3.63, 3.8) is 0 Å². The molecule has 6 heteroatoms. The first-order valence-corrected chi connectivity index (χ1v) is 9.32. The van der Waals surface area contributed by atoms with Gasteiger partial charge >= 0.3 is 0 Å². The highest BCUT2D eigenvalue weighted by Gasteiger charge is 2.17. The normalized spacial score (nSPS) is 16.1. The fourth-order valence-electron chi connectivity index (χ4n) is 3.56. The maximum atomic E-state index is 6.17. The maximum Gasteiger partial charge on any atom is 0.168 e. The predicted molar refractivity (Wildman–Crippen MR) is 102 cm³/mol. The monoisotopic (exact) mass is 355 g/mol. The molecule has 0 bridgehead atoms. The molecule has 1 fully saturated rings. The first kappa shape index (κ1) is 16.3. The van der Waals surface area contributed by atoms with E-state index in [2.05, 4.69) is 20.4 Å². The van der Waals surface area contributed by atoms with Gasteiger partial charge in [-0.05, 0) is 37.5 Å². The molecule has 0 amide bonds. The van der Waals surface area contributed by atoms with Crippen molar-refractivity contribution in [1.29, 1.82) is 0 Å². The lowest BCUT2D eigenvalue weighted by Gasteiger charge is -2.17. The summed E-state index contributed by atoms with van der Waals surface area (Å²) in [6.45, 7) is 2.05. The van der Waals surface area contributed by atoms with E-state index in [-0.39, 0.29) is 0 Å². The number of benzene rings is 1. The van der Waals surface area contributed by atoms with Crippen LogP contribution in [0.3, 0.4) is 0 Å². The molecular formula is C19H22ClN5. The summed E-state index contributed by atoms with van der Waals surface area (Å²) in [4.78, 5) is 8.94. The number of hydrogen-bond acceptors (Lipinski definition) is 4. The molecule has 0 aliphatic heterocycles. The first-order valence-electron chi connectivity index (χ1n) is 8.94. The summed E-state index contributed by atoms with van der Waals surface area (Å²) in [5, 5.41) is 9.82. The molecule has 3 aromatic rings. The largest absolute Gasteiger partial charge is 0.367 e. The second-order valence-corrected chi connectivity index (χ2v) is 7.22. The van der Waals surface area contributed by atoms with Crippen LogP contribution in [0.5, 0.6) is 0 Å². The van der Waals surface area contributed by atoms with Crippen molar-refractivity contribution in [3.8, 4) is 5.69 Å². The van der Waals surface area contributed by atoms with Gasteiger partial charge in [0.2, 0.25) is 0 Å². The fourth-order valence-corrected chi connectivity index (χ4v) is 3.73. The Kier molecular flexibility index (Phi) is 4.57. The van der Waals surface area contributed by atoms with E-state index in [0.29, 0.717) is 11.1 Å². The van der Waals surface area contributed by atoms with Crippen molar-refractivity contribution in [3.05, 3.63) is 41.3 Å². The Balaban J connectivity index is 1.71. The molecule has 1 saturated carbocycles. The highest BCUT2D eigenvalue weighted by atomic mass is 35.5. The third-order valence-electron chi connectivity index (χ3n) is 4.96. The van der Waals surface area contributed by atoms with E-state index in [9.17, 15) is 0 Å². The van der Waals surface area contributed by atoms with Crippen LogP contribution in [-0.2, 0) is 0 Å². The minimum Gasteiger partial charge on any atom is -0.367 e. The zero-order valence-corrected chi connectivity index (χ0v) is 15.1. The van der Waals surface area contributed by atoms with Gasteiger partial charge in [0.25, 0.3) is 0 Å². The van der Waals surface area contributed by atoms with Crippen LogP contribution in [0.25, 0.3) is 16.7 Å². The van der Waals surface area contributed by atoms with Gasteiger partial charge in [-0.3, -0.25) is 0 Å². The average Bonchev–Trinajstić information content (AvgIpc) is 2.88. The molecule has 1 aliphatic rings. The van der Waals surface area contributed by atoms with Crippen LogP contribution in [0.15, 0.2) is 30.7 Å². The zero-order valence-electron chi connectivity index (χ0n) is 14.4. The molecule has 130 valence electrons. The van der Waals surface area contributed by atoms with Crippen molar-refractivity contribution < 1.29 is 0 Å². The third-order valence-corrected chi connectivity index (χ3v) is 5.20. The summed E-state index contributed by atoms with van der Waals surface area (Å²) in [5.41, 5.74) is 2.85. The molecule has 2 heterocycles. The standard InChI is InChI=1S/C19H22ClN5/c1-13-8-9-14(20)10-17(13)25-19-16(11-23-25)18(21-12-22-19)24-15-6-4-2-3-5-7-15/h8-12,15H,2-7H2,1H3,(H,21,22,24). The van der Waals surface area contributed by atoms with Gasteiger partial charge in [-0.15, -0.1) is 0 Å². The molecule has 25 heavy (non-hydrogen) atoms. The number of fused-ring (bicyclic) bond motifs is 1. The van der Waals surface area contributed by atoms with E-state index in [1.807, 2.05) is 36.0 Å². The van der Waals surface area contributed by atoms with Gasteiger partial charge in [0.1, 0.15) is 12.1 Å². The number of nitrogens with one attached hydrogen (secondary N) is 1. The van der Waals surface area contributed by atoms with Crippen LogP contribution < -0.4 is 5.32 Å². The average molecular weight is 356 g/mol. The Bertz CT molecular complexity index is 881. The molecule has 0 radical (unpaired) electrons. The van der Waals surface area contributed by atoms with Crippen molar-refractivity contribution in [1.82, 2.24) is 19.7 Å². The molecule has 4 rings (SSSR count). The SMILES string of the molecule is Cc1ccc(Cl)cc1-n1ncc2c(NC3CCCCCC3)ncnc21. The molecule has 1 aliphatic carbocycles. The minimum atomic E-state index is 0.483. The molecule has 2 aromatic heterocycles. The second kappa shape index (κ2) is 7.00. The van der Waals surface area contributed by atoms with Crippen molar-refractivity contribution >= 4 is 28.5 Å². The molecule has 1 aromatic carbocycles. The lowest BCUT2D eigenvalue weighted by molar-refractivity contribution is 0.618. The zero-order chi connectivity index (χ0) is 17.2. The summed E-state index contributed by atoms with van der Waals surface area (Å²) in [7, 11) is 0. The van der Waals surface area contributed by atoms with Gasteiger partial charge in [0.15, 0.2) is 5.65 Å². The summed E-state index contributed by atoms with van der Waals surface area (Å²) in [6.07, 6.45) is 11.1. The lowest BCUT2D eigenvalue weighted by atomic mass is 10.1. The van der Waals surface area contributed by atoms with Gasteiger partial charge in [-0.25, -0.2) is 14.6 Å². The first-order chi connectivity index (χ1) is 12.2. The number of aromatic nitrogens is 4. The second-order valence-electron chi connectivity index (χ2n) is 6.78. The molecule has 5 nitrogen and oxygen atoms in total. The van der Waals surface area contributed by atoms with Crippen LogP contribution in [0.4, 0.5) is 5.82 Å². The van der Waals surface area contributed by atoms with Gasteiger partial charge in [0, 0.05) is 11.1 Å². The number of halogens is 1. The summed E-state index contributed by atoms with van der Waals surface area (Å²) < 4.78 is 1.84. The van der Waals surface area contributed by atoms with Crippen LogP contribution in [0, 0.1) is 6.92 Å². The van der Waals surface area contributed by atoms with E-state index in [1.54, 1.807) is 6.33 Å². The van der Waals surface area contributed by atoms with Crippen LogP contribution in [-0.4, -0.2) is 25.8 Å². The summed E-state index contributed by atoms with van der Waals surface area (Å²) >= 11 is 6.17. The van der Waals surface area contributed by atoms with E-state index in [1.165, 1.54) is 38.5 Å². The highest BCUT2D eigenvalue weighted by molar-refractivity contribution is 6.30. The van der Waals surface area contributed by atoms with Crippen LogP contribution in [0.2, 0.25) is 5.02 Å². The third kappa shape index (κ3) is 3.33. The topological polar surface area (TPSA) is 55.6 Å². The number of anilines is 1. The Hall–Kier alpha value is -2.14. The van der Waals surface area contributed by atoms with Gasteiger partial charge in [-0.1, -0.05) is 43.4 Å². The quantitative estimate of drug-likeness (QED) is 0.678. The van der Waals surface area contributed by atoms with Crippen molar-refractivity contribution in [2.75, 3.05) is 5.32 Å². The van der Waals surface area contributed by atoms with Gasteiger partial charge in [0.05, 0.1) is 17.3 Å². The van der Waals surface area contributed by atoms with E-state index < -0.39 is 0 Å². The number of hydrogen-bond donors (Lipinski definition) is 1. The smallest absolute Gasteiger partial charge is 0.168 e. The highest BCUT2D eigenvalue weighted by Crippen LogP contribution is 2.27. The van der Waals surface area contributed by atoms with Gasteiger partial charge in [-0.2, -0.15) is 5.10 Å². The number of rotatable bonds is 3.